The number of rotatable bonds is 3. The molecular weight excluding hydrogens is 248 g/mol. The van der Waals surface area contributed by atoms with Gasteiger partial charge in [0.15, 0.2) is 0 Å². The standard InChI is InChI=1S/C14H21ClN2O/c1-17(11-4-3-5-12(9-11)18-2)14-8-10(15)6-7-13(14)16/h6-8,11-12H,3-5,9,16H2,1-2H3. The van der Waals surface area contributed by atoms with Crippen LogP contribution in [0.1, 0.15) is 25.7 Å². The van der Waals surface area contributed by atoms with E-state index in [0.29, 0.717) is 12.1 Å². The van der Waals surface area contributed by atoms with E-state index in [1.165, 1.54) is 12.8 Å². The highest BCUT2D eigenvalue weighted by Gasteiger charge is 2.25. The summed E-state index contributed by atoms with van der Waals surface area (Å²) in [5.41, 5.74) is 7.83. The van der Waals surface area contributed by atoms with Crippen molar-refractivity contribution in [3.63, 3.8) is 0 Å². The highest BCUT2D eigenvalue weighted by molar-refractivity contribution is 6.31. The Bertz CT molecular complexity index is 411. The van der Waals surface area contributed by atoms with Gasteiger partial charge in [-0.25, -0.2) is 0 Å². The third-order valence-corrected chi connectivity index (χ3v) is 4.09. The monoisotopic (exact) mass is 268 g/mol. The first kappa shape index (κ1) is 13.5. The molecule has 0 spiro atoms. The molecule has 3 nitrogen and oxygen atoms in total. The average Bonchev–Trinajstić information content (AvgIpc) is 2.41. The summed E-state index contributed by atoms with van der Waals surface area (Å²) in [5.74, 6) is 0. The van der Waals surface area contributed by atoms with Gasteiger partial charge in [0.05, 0.1) is 17.5 Å². The molecule has 0 saturated heterocycles. The maximum atomic E-state index is 6.05. The van der Waals surface area contributed by atoms with Gasteiger partial charge in [0.25, 0.3) is 0 Å². The fourth-order valence-corrected chi connectivity index (χ4v) is 2.87. The molecule has 0 radical (unpaired) electrons. The van der Waals surface area contributed by atoms with Crippen molar-refractivity contribution in [3.05, 3.63) is 23.2 Å². The first-order valence-corrected chi connectivity index (χ1v) is 6.80. The molecule has 1 aliphatic rings. The van der Waals surface area contributed by atoms with Crippen LogP contribution in [0.25, 0.3) is 0 Å². The van der Waals surface area contributed by atoms with Crippen molar-refractivity contribution in [2.24, 2.45) is 0 Å². The molecule has 2 N–H and O–H groups in total. The Morgan fingerprint density at radius 3 is 2.89 bits per heavy atom. The molecule has 0 aromatic heterocycles. The van der Waals surface area contributed by atoms with Gasteiger partial charge in [0, 0.05) is 25.2 Å². The maximum absolute atomic E-state index is 6.05. The molecule has 1 fully saturated rings. The van der Waals surface area contributed by atoms with Gasteiger partial charge in [-0.15, -0.1) is 0 Å². The van der Waals surface area contributed by atoms with E-state index in [4.69, 9.17) is 22.1 Å². The lowest BCUT2D eigenvalue weighted by molar-refractivity contribution is 0.0637. The fourth-order valence-electron chi connectivity index (χ4n) is 2.71. The lowest BCUT2D eigenvalue weighted by Gasteiger charge is -2.36. The van der Waals surface area contributed by atoms with Crippen molar-refractivity contribution in [1.82, 2.24) is 0 Å². The predicted molar refractivity (Wildman–Crippen MR) is 77.3 cm³/mol. The summed E-state index contributed by atoms with van der Waals surface area (Å²) in [6.45, 7) is 0. The van der Waals surface area contributed by atoms with Gasteiger partial charge in [-0.1, -0.05) is 11.6 Å². The number of hydrogen-bond acceptors (Lipinski definition) is 3. The Morgan fingerprint density at radius 2 is 2.17 bits per heavy atom. The van der Waals surface area contributed by atoms with E-state index in [9.17, 15) is 0 Å². The van der Waals surface area contributed by atoms with Crippen LogP contribution in [0.4, 0.5) is 11.4 Å². The van der Waals surface area contributed by atoms with Crippen LogP contribution in [0.5, 0.6) is 0 Å². The molecule has 0 amide bonds. The van der Waals surface area contributed by atoms with Gasteiger partial charge in [0.1, 0.15) is 0 Å². The Balaban J connectivity index is 2.14. The number of hydrogen-bond donors (Lipinski definition) is 1. The smallest absolute Gasteiger partial charge is 0.0614 e. The fraction of sp³-hybridized carbons (Fsp3) is 0.571. The molecule has 2 atom stereocenters. The van der Waals surface area contributed by atoms with Crippen LogP contribution < -0.4 is 10.6 Å². The zero-order valence-corrected chi connectivity index (χ0v) is 11.8. The third-order valence-electron chi connectivity index (χ3n) is 3.85. The molecule has 2 unspecified atom stereocenters. The van der Waals surface area contributed by atoms with Crippen LogP contribution in [0, 0.1) is 0 Å². The van der Waals surface area contributed by atoms with Crippen molar-refractivity contribution in [1.29, 1.82) is 0 Å². The number of halogens is 1. The summed E-state index contributed by atoms with van der Waals surface area (Å²) in [7, 11) is 3.88. The topological polar surface area (TPSA) is 38.5 Å². The molecule has 0 aliphatic heterocycles. The first-order valence-electron chi connectivity index (χ1n) is 6.42. The number of ether oxygens (including phenoxy) is 1. The van der Waals surface area contributed by atoms with E-state index < -0.39 is 0 Å². The van der Waals surface area contributed by atoms with Gasteiger partial charge < -0.3 is 15.4 Å². The van der Waals surface area contributed by atoms with E-state index in [1.54, 1.807) is 7.11 Å². The van der Waals surface area contributed by atoms with Crippen LogP contribution in [0.15, 0.2) is 18.2 Å². The molecule has 0 heterocycles. The molecular formula is C14H21ClN2O. The molecule has 100 valence electrons. The van der Waals surface area contributed by atoms with E-state index in [2.05, 4.69) is 11.9 Å². The van der Waals surface area contributed by atoms with Crippen molar-refractivity contribution in [2.75, 3.05) is 24.8 Å². The quantitative estimate of drug-likeness (QED) is 0.855. The lowest BCUT2D eigenvalue weighted by atomic mass is 9.91. The zero-order valence-electron chi connectivity index (χ0n) is 11.0. The number of anilines is 2. The Labute approximate surface area is 114 Å². The molecule has 1 saturated carbocycles. The second-order valence-corrected chi connectivity index (χ2v) is 5.43. The summed E-state index contributed by atoms with van der Waals surface area (Å²) in [6.07, 6.45) is 4.97. The molecule has 0 bridgehead atoms. The molecule has 1 aromatic rings. The summed E-state index contributed by atoms with van der Waals surface area (Å²) in [4.78, 5) is 2.24. The highest BCUT2D eigenvalue weighted by Crippen LogP contribution is 2.32. The third kappa shape index (κ3) is 2.90. The van der Waals surface area contributed by atoms with Crippen LogP contribution in [0.3, 0.4) is 0 Å². The minimum atomic E-state index is 0.367. The van der Waals surface area contributed by atoms with Gasteiger partial charge in [-0.05, 0) is 43.9 Å². The van der Waals surface area contributed by atoms with Crippen LogP contribution in [-0.4, -0.2) is 26.3 Å². The largest absolute Gasteiger partial charge is 0.397 e. The highest BCUT2D eigenvalue weighted by atomic mass is 35.5. The normalized spacial score (nSPS) is 23.9. The second-order valence-electron chi connectivity index (χ2n) is 4.99. The van der Waals surface area contributed by atoms with Gasteiger partial charge in [-0.3, -0.25) is 0 Å². The average molecular weight is 269 g/mol. The van der Waals surface area contributed by atoms with E-state index in [-0.39, 0.29) is 0 Å². The molecule has 4 heteroatoms. The zero-order chi connectivity index (χ0) is 13.1. The number of nitrogens with zero attached hydrogens (tertiary/aromatic N) is 1. The maximum Gasteiger partial charge on any atom is 0.0614 e. The van der Waals surface area contributed by atoms with Crippen molar-refractivity contribution in [2.45, 2.75) is 37.8 Å². The van der Waals surface area contributed by atoms with Crippen molar-refractivity contribution in [3.8, 4) is 0 Å². The van der Waals surface area contributed by atoms with E-state index in [0.717, 1.165) is 29.2 Å². The van der Waals surface area contributed by atoms with Crippen LogP contribution in [-0.2, 0) is 4.74 Å². The number of benzene rings is 1. The molecule has 2 rings (SSSR count). The van der Waals surface area contributed by atoms with Gasteiger partial charge in [-0.2, -0.15) is 0 Å². The summed E-state index contributed by atoms with van der Waals surface area (Å²) >= 11 is 6.05. The Morgan fingerprint density at radius 1 is 1.39 bits per heavy atom. The number of methoxy groups -OCH3 is 1. The summed E-state index contributed by atoms with van der Waals surface area (Å²) < 4.78 is 5.48. The van der Waals surface area contributed by atoms with Crippen molar-refractivity contribution < 1.29 is 4.74 Å². The van der Waals surface area contributed by atoms with Crippen LogP contribution in [0.2, 0.25) is 5.02 Å². The molecule has 18 heavy (non-hydrogen) atoms. The SMILES string of the molecule is COC1CCCC(N(C)c2cc(Cl)ccc2N)C1. The molecule has 1 aliphatic carbocycles. The summed E-state index contributed by atoms with van der Waals surface area (Å²) in [6, 6.07) is 6.11. The Hall–Kier alpha value is -0.930. The van der Waals surface area contributed by atoms with E-state index in [1.807, 2.05) is 18.2 Å². The number of nitrogen functional groups attached to an aromatic ring is 1. The predicted octanol–water partition coefficient (Wildman–Crippen LogP) is 3.32. The number of nitrogens with two attached hydrogens (primary N) is 1. The van der Waals surface area contributed by atoms with Crippen LogP contribution >= 0.6 is 11.6 Å². The van der Waals surface area contributed by atoms with Crippen molar-refractivity contribution >= 4 is 23.0 Å². The minimum Gasteiger partial charge on any atom is -0.397 e. The lowest BCUT2D eigenvalue weighted by Crippen LogP contribution is -2.38. The Kier molecular flexibility index (Phi) is 4.36. The molecule has 1 aromatic carbocycles. The first-order chi connectivity index (χ1) is 8.61. The second kappa shape index (κ2) is 5.81. The summed E-state index contributed by atoms with van der Waals surface area (Å²) in [5, 5.41) is 0.727. The van der Waals surface area contributed by atoms with Gasteiger partial charge >= 0.3 is 0 Å². The minimum absolute atomic E-state index is 0.367. The van der Waals surface area contributed by atoms with Gasteiger partial charge in [0.2, 0.25) is 0 Å². The van der Waals surface area contributed by atoms with E-state index >= 15 is 0 Å².